The standard InChI is InChI=1S/C25H21ClN2O4/c1-2-14-32-19-11-9-16(10-12-19)23(29)21-22(17-6-5-7-18(26)15-17)28(25(31)24(21)30)20-8-3-4-13-27-20/h3-13,15,22,29H,2,14H2,1H3. The van der Waals surface area contributed by atoms with Crippen LogP contribution in [0.1, 0.15) is 30.5 Å². The molecule has 1 atom stereocenters. The molecule has 1 aliphatic heterocycles. The second-order valence-electron chi connectivity index (χ2n) is 7.28. The summed E-state index contributed by atoms with van der Waals surface area (Å²) in [5, 5.41) is 11.6. The van der Waals surface area contributed by atoms with Gasteiger partial charge in [0.1, 0.15) is 17.3 Å². The predicted octanol–water partition coefficient (Wildman–Crippen LogP) is 5.15. The van der Waals surface area contributed by atoms with Gasteiger partial charge >= 0.3 is 5.91 Å². The van der Waals surface area contributed by atoms with E-state index in [-0.39, 0.29) is 11.3 Å². The van der Waals surface area contributed by atoms with E-state index in [1.54, 1.807) is 72.9 Å². The first kappa shape index (κ1) is 21.6. The molecule has 0 aliphatic carbocycles. The van der Waals surface area contributed by atoms with Crippen molar-refractivity contribution in [3.8, 4) is 5.75 Å². The highest BCUT2D eigenvalue weighted by atomic mass is 35.5. The van der Waals surface area contributed by atoms with Crippen molar-refractivity contribution in [2.45, 2.75) is 19.4 Å². The molecular weight excluding hydrogens is 428 g/mol. The van der Waals surface area contributed by atoms with E-state index in [1.165, 1.54) is 4.90 Å². The number of rotatable bonds is 6. The number of Topliss-reactive ketones (excluding diaryl/α,β-unsaturated/α-hetero) is 1. The molecule has 0 bridgehead atoms. The summed E-state index contributed by atoms with van der Waals surface area (Å²) in [6.45, 7) is 2.59. The zero-order valence-electron chi connectivity index (χ0n) is 17.4. The number of hydrogen-bond acceptors (Lipinski definition) is 5. The van der Waals surface area contributed by atoms with Gasteiger partial charge in [0.25, 0.3) is 5.78 Å². The number of benzene rings is 2. The second kappa shape index (κ2) is 9.24. The lowest BCUT2D eigenvalue weighted by atomic mass is 9.95. The molecule has 2 aromatic carbocycles. The van der Waals surface area contributed by atoms with Gasteiger partial charge in [-0.1, -0.05) is 36.7 Å². The first-order valence-corrected chi connectivity index (χ1v) is 10.6. The maximum Gasteiger partial charge on any atom is 0.301 e. The van der Waals surface area contributed by atoms with Gasteiger partial charge in [-0.15, -0.1) is 0 Å². The van der Waals surface area contributed by atoms with Gasteiger partial charge in [0.2, 0.25) is 0 Å². The fraction of sp³-hybridized carbons (Fsp3) is 0.160. The van der Waals surface area contributed by atoms with Crippen molar-refractivity contribution in [2.75, 3.05) is 11.5 Å². The van der Waals surface area contributed by atoms with E-state index in [0.29, 0.717) is 34.3 Å². The Bertz CT molecular complexity index is 1180. The van der Waals surface area contributed by atoms with Crippen LogP contribution < -0.4 is 9.64 Å². The van der Waals surface area contributed by atoms with Crippen molar-refractivity contribution in [1.82, 2.24) is 4.98 Å². The van der Waals surface area contributed by atoms with Gasteiger partial charge in [-0.05, 0) is 60.5 Å². The van der Waals surface area contributed by atoms with E-state index in [1.807, 2.05) is 6.92 Å². The van der Waals surface area contributed by atoms with E-state index in [4.69, 9.17) is 16.3 Å². The number of aromatic nitrogens is 1. The van der Waals surface area contributed by atoms with Crippen LogP contribution in [0.3, 0.4) is 0 Å². The van der Waals surface area contributed by atoms with E-state index in [9.17, 15) is 14.7 Å². The minimum Gasteiger partial charge on any atom is -0.507 e. The number of carbonyl (C=O) groups is 2. The second-order valence-corrected chi connectivity index (χ2v) is 7.72. The number of hydrogen-bond donors (Lipinski definition) is 1. The molecule has 6 nitrogen and oxygen atoms in total. The van der Waals surface area contributed by atoms with Gasteiger partial charge in [0.15, 0.2) is 0 Å². The van der Waals surface area contributed by atoms with Crippen molar-refractivity contribution in [2.24, 2.45) is 0 Å². The van der Waals surface area contributed by atoms with Crippen LogP contribution in [0.2, 0.25) is 5.02 Å². The number of anilines is 1. The van der Waals surface area contributed by atoms with E-state index in [2.05, 4.69) is 4.98 Å². The Morgan fingerprint density at radius 1 is 1.09 bits per heavy atom. The first-order chi connectivity index (χ1) is 15.5. The molecule has 0 spiro atoms. The minimum absolute atomic E-state index is 0.0230. The van der Waals surface area contributed by atoms with Crippen LogP contribution in [0, 0.1) is 0 Å². The van der Waals surface area contributed by atoms with E-state index >= 15 is 0 Å². The number of halogens is 1. The van der Waals surface area contributed by atoms with Crippen LogP contribution in [-0.2, 0) is 9.59 Å². The fourth-order valence-electron chi connectivity index (χ4n) is 3.64. The van der Waals surface area contributed by atoms with Gasteiger partial charge in [0, 0.05) is 16.8 Å². The topological polar surface area (TPSA) is 79.7 Å². The van der Waals surface area contributed by atoms with E-state index < -0.39 is 17.7 Å². The van der Waals surface area contributed by atoms with Crippen molar-refractivity contribution in [3.05, 3.63) is 94.6 Å². The van der Waals surface area contributed by atoms with Gasteiger partial charge in [0.05, 0.1) is 18.2 Å². The number of amides is 1. The number of nitrogens with zero attached hydrogens (tertiary/aromatic N) is 2. The summed E-state index contributed by atoms with van der Waals surface area (Å²) in [4.78, 5) is 31.7. The Balaban J connectivity index is 1.85. The van der Waals surface area contributed by atoms with Crippen molar-refractivity contribution >= 4 is 34.9 Å². The zero-order valence-corrected chi connectivity index (χ0v) is 18.1. The Morgan fingerprint density at radius 3 is 2.53 bits per heavy atom. The van der Waals surface area contributed by atoms with Crippen LogP contribution in [0.5, 0.6) is 5.75 Å². The number of ether oxygens (including phenoxy) is 1. The number of pyridine rings is 1. The van der Waals surface area contributed by atoms with Crippen molar-refractivity contribution in [3.63, 3.8) is 0 Å². The molecule has 1 unspecified atom stereocenters. The molecule has 1 saturated heterocycles. The molecule has 3 aromatic rings. The SMILES string of the molecule is CCCOc1ccc(C(O)=C2C(=O)C(=O)N(c3ccccn3)C2c2cccc(Cl)c2)cc1. The fourth-order valence-corrected chi connectivity index (χ4v) is 3.84. The van der Waals surface area contributed by atoms with Crippen LogP contribution in [0.4, 0.5) is 5.82 Å². The summed E-state index contributed by atoms with van der Waals surface area (Å²) in [6.07, 6.45) is 2.41. The number of aliphatic hydroxyl groups is 1. The Kier molecular flexibility index (Phi) is 6.23. The molecule has 1 fully saturated rings. The highest BCUT2D eigenvalue weighted by molar-refractivity contribution is 6.51. The smallest absolute Gasteiger partial charge is 0.301 e. The third kappa shape index (κ3) is 4.09. The average Bonchev–Trinajstić information content (AvgIpc) is 3.08. The first-order valence-electron chi connectivity index (χ1n) is 10.2. The summed E-state index contributed by atoms with van der Waals surface area (Å²) < 4.78 is 5.58. The van der Waals surface area contributed by atoms with Gasteiger partial charge in [-0.2, -0.15) is 0 Å². The molecule has 1 amide bonds. The molecule has 32 heavy (non-hydrogen) atoms. The number of aliphatic hydroxyl groups excluding tert-OH is 1. The van der Waals surface area contributed by atoms with Crippen molar-refractivity contribution in [1.29, 1.82) is 0 Å². The van der Waals surface area contributed by atoms with Crippen LogP contribution in [0.25, 0.3) is 5.76 Å². The van der Waals surface area contributed by atoms with Crippen LogP contribution in [0.15, 0.2) is 78.5 Å². The maximum atomic E-state index is 13.1. The third-order valence-corrected chi connectivity index (χ3v) is 5.34. The monoisotopic (exact) mass is 448 g/mol. The number of carbonyl (C=O) groups excluding carboxylic acids is 2. The number of ketones is 1. The van der Waals surface area contributed by atoms with E-state index in [0.717, 1.165) is 6.42 Å². The quantitative estimate of drug-likeness (QED) is 0.320. The van der Waals surface area contributed by atoms with Gasteiger partial charge in [-0.3, -0.25) is 14.5 Å². The average molecular weight is 449 g/mol. The summed E-state index contributed by atoms with van der Waals surface area (Å²) >= 11 is 6.20. The largest absolute Gasteiger partial charge is 0.507 e. The lowest BCUT2D eigenvalue weighted by molar-refractivity contribution is -0.132. The summed E-state index contributed by atoms with van der Waals surface area (Å²) in [6, 6.07) is 17.8. The molecule has 7 heteroatoms. The highest BCUT2D eigenvalue weighted by Crippen LogP contribution is 2.42. The predicted molar refractivity (Wildman–Crippen MR) is 123 cm³/mol. The lowest BCUT2D eigenvalue weighted by Crippen LogP contribution is -2.30. The Labute approximate surface area is 190 Å². The molecule has 4 rings (SSSR count). The molecule has 0 radical (unpaired) electrons. The minimum atomic E-state index is -0.875. The normalized spacial score (nSPS) is 17.6. The molecule has 1 aromatic heterocycles. The van der Waals surface area contributed by atoms with Crippen LogP contribution in [-0.4, -0.2) is 28.4 Å². The maximum absolute atomic E-state index is 13.1. The molecule has 1 N–H and O–H groups in total. The van der Waals surface area contributed by atoms with Crippen LogP contribution >= 0.6 is 11.6 Å². The molecule has 0 saturated carbocycles. The summed E-state index contributed by atoms with van der Waals surface area (Å²) in [5.74, 6) is -0.859. The third-order valence-electron chi connectivity index (χ3n) is 5.11. The molecule has 162 valence electrons. The Hall–Kier alpha value is -3.64. The Morgan fingerprint density at radius 2 is 1.88 bits per heavy atom. The van der Waals surface area contributed by atoms with Gasteiger partial charge in [-0.25, -0.2) is 4.98 Å². The van der Waals surface area contributed by atoms with Gasteiger partial charge < -0.3 is 9.84 Å². The molecule has 1 aliphatic rings. The molecule has 2 heterocycles. The highest BCUT2D eigenvalue weighted by Gasteiger charge is 2.47. The van der Waals surface area contributed by atoms with Crippen molar-refractivity contribution < 1.29 is 19.4 Å². The summed E-state index contributed by atoms with van der Waals surface area (Å²) in [5.41, 5.74) is 0.969. The molecular formula is C25H21ClN2O4. The summed E-state index contributed by atoms with van der Waals surface area (Å²) in [7, 11) is 0. The zero-order chi connectivity index (χ0) is 22.7. The lowest BCUT2D eigenvalue weighted by Gasteiger charge is -2.24.